The molecule has 1 rings (SSSR count). The minimum absolute atomic E-state index is 0.527. The number of hydrogen-bond acceptors (Lipinski definition) is 3. The molecule has 0 radical (unpaired) electrons. The maximum Gasteiger partial charge on any atom is 0.0637 e. The molecule has 1 N–H and O–H groups in total. The third-order valence-electron chi connectivity index (χ3n) is 3.03. The third kappa shape index (κ3) is 2.66. The van der Waals surface area contributed by atoms with Crippen LogP contribution in [-0.4, -0.2) is 50.3 Å². The number of hydrogen-bond donors (Lipinski definition) is 1. The minimum Gasteiger partial charge on any atom is -0.380 e. The molecule has 1 saturated heterocycles. The van der Waals surface area contributed by atoms with Crippen LogP contribution in [0, 0.1) is 0 Å². The SMILES string of the molecule is CNC1CCOCC1N(C)C(C)C. The molecule has 1 aliphatic heterocycles. The Bertz CT molecular complexity index is 148. The Morgan fingerprint density at radius 2 is 2.15 bits per heavy atom. The van der Waals surface area contributed by atoms with Crippen molar-refractivity contribution in [3.63, 3.8) is 0 Å². The normalized spacial score (nSPS) is 30.0. The highest BCUT2D eigenvalue weighted by atomic mass is 16.5. The molecule has 0 amide bonds. The van der Waals surface area contributed by atoms with Crippen molar-refractivity contribution in [2.24, 2.45) is 0 Å². The average Bonchev–Trinajstić information content (AvgIpc) is 2.16. The van der Waals surface area contributed by atoms with Gasteiger partial charge in [-0.15, -0.1) is 0 Å². The second kappa shape index (κ2) is 4.94. The zero-order valence-electron chi connectivity index (χ0n) is 9.21. The molecule has 0 saturated carbocycles. The summed E-state index contributed by atoms with van der Waals surface area (Å²) >= 11 is 0. The first kappa shape index (κ1) is 11.0. The molecule has 78 valence electrons. The predicted octanol–water partition coefficient (Wildman–Crippen LogP) is 0.703. The zero-order valence-corrected chi connectivity index (χ0v) is 9.21. The van der Waals surface area contributed by atoms with Crippen LogP contribution >= 0.6 is 0 Å². The van der Waals surface area contributed by atoms with E-state index in [1.807, 2.05) is 7.05 Å². The van der Waals surface area contributed by atoms with E-state index < -0.39 is 0 Å². The van der Waals surface area contributed by atoms with Crippen LogP contribution < -0.4 is 5.32 Å². The number of ether oxygens (including phenoxy) is 1. The van der Waals surface area contributed by atoms with Crippen molar-refractivity contribution in [3.05, 3.63) is 0 Å². The average molecular weight is 186 g/mol. The summed E-state index contributed by atoms with van der Waals surface area (Å²) in [5, 5.41) is 3.37. The standard InChI is InChI=1S/C10H22N2O/c1-8(2)12(4)10-7-13-6-5-9(10)11-3/h8-11H,5-7H2,1-4H3. The molecule has 0 bridgehead atoms. The molecule has 0 aromatic heterocycles. The maximum absolute atomic E-state index is 5.50. The van der Waals surface area contributed by atoms with Gasteiger partial charge in [0, 0.05) is 24.7 Å². The van der Waals surface area contributed by atoms with Crippen LogP contribution in [0.3, 0.4) is 0 Å². The predicted molar refractivity (Wildman–Crippen MR) is 55.0 cm³/mol. The lowest BCUT2D eigenvalue weighted by atomic mass is 10.0. The van der Waals surface area contributed by atoms with Gasteiger partial charge in [0.05, 0.1) is 6.61 Å². The fraction of sp³-hybridized carbons (Fsp3) is 1.00. The summed E-state index contributed by atoms with van der Waals surface area (Å²) in [7, 11) is 4.21. The van der Waals surface area contributed by atoms with Gasteiger partial charge in [-0.2, -0.15) is 0 Å². The Morgan fingerprint density at radius 3 is 2.69 bits per heavy atom. The molecular formula is C10H22N2O. The van der Waals surface area contributed by atoms with Gasteiger partial charge in [0.15, 0.2) is 0 Å². The van der Waals surface area contributed by atoms with Crippen molar-refractivity contribution < 1.29 is 4.74 Å². The highest BCUT2D eigenvalue weighted by Gasteiger charge is 2.28. The second-order valence-corrected chi connectivity index (χ2v) is 4.09. The van der Waals surface area contributed by atoms with Gasteiger partial charge in [0.2, 0.25) is 0 Å². The molecule has 0 aliphatic carbocycles. The van der Waals surface area contributed by atoms with Crippen LogP contribution in [0.5, 0.6) is 0 Å². The van der Waals surface area contributed by atoms with Crippen molar-refractivity contribution in [2.45, 2.75) is 38.4 Å². The number of likely N-dealkylation sites (N-methyl/N-ethyl adjacent to an activating group) is 2. The highest BCUT2D eigenvalue weighted by molar-refractivity contribution is 4.86. The lowest BCUT2D eigenvalue weighted by molar-refractivity contribution is -0.00193. The van der Waals surface area contributed by atoms with E-state index in [4.69, 9.17) is 4.74 Å². The van der Waals surface area contributed by atoms with E-state index in [0.29, 0.717) is 18.1 Å². The molecule has 1 heterocycles. The topological polar surface area (TPSA) is 24.5 Å². The quantitative estimate of drug-likeness (QED) is 0.702. The van der Waals surface area contributed by atoms with Gasteiger partial charge >= 0.3 is 0 Å². The van der Waals surface area contributed by atoms with Gasteiger partial charge in [-0.25, -0.2) is 0 Å². The monoisotopic (exact) mass is 186 g/mol. The van der Waals surface area contributed by atoms with E-state index >= 15 is 0 Å². The van der Waals surface area contributed by atoms with E-state index in [0.717, 1.165) is 19.6 Å². The summed E-state index contributed by atoms with van der Waals surface area (Å²) in [6.45, 7) is 6.21. The van der Waals surface area contributed by atoms with Gasteiger partial charge < -0.3 is 10.1 Å². The molecule has 3 heteroatoms. The van der Waals surface area contributed by atoms with Crippen LogP contribution in [0.4, 0.5) is 0 Å². The molecular weight excluding hydrogens is 164 g/mol. The largest absolute Gasteiger partial charge is 0.380 e. The molecule has 1 fully saturated rings. The summed E-state index contributed by atoms with van der Waals surface area (Å²) in [6, 6.07) is 1.70. The fourth-order valence-electron chi connectivity index (χ4n) is 1.84. The Labute approximate surface area is 81.4 Å². The number of rotatable bonds is 3. The van der Waals surface area contributed by atoms with Gasteiger partial charge in [0.1, 0.15) is 0 Å². The van der Waals surface area contributed by atoms with E-state index in [2.05, 4.69) is 31.1 Å². The van der Waals surface area contributed by atoms with Crippen LogP contribution in [0.15, 0.2) is 0 Å². The van der Waals surface area contributed by atoms with Crippen LogP contribution in [0.1, 0.15) is 20.3 Å². The van der Waals surface area contributed by atoms with Crippen molar-refractivity contribution in [1.29, 1.82) is 0 Å². The molecule has 0 aromatic rings. The lowest BCUT2D eigenvalue weighted by Gasteiger charge is -2.39. The Balaban J connectivity index is 2.53. The Hall–Kier alpha value is -0.120. The van der Waals surface area contributed by atoms with E-state index in [1.54, 1.807) is 0 Å². The minimum atomic E-state index is 0.527. The first-order valence-electron chi connectivity index (χ1n) is 5.13. The molecule has 3 nitrogen and oxygen atoms in total. The molecule has 0 aromatic carbocycles. The zero-order chi connectivity index (χ0) is 9.84. The van der Waals surface area contributed by atoms with E-state index in [-0.39, 0.29) is 0 Å². The van der Waals surface area contributed by atoms with E-state index in [9.17, 15) is 0 Å². The van der Waals surface area contributed by atoms with Gasteiger partial charge in [-0.1, -0.05) is 0 Å². The summed E-state index contributed by atoms with van der Waals surface area (Å²) in [6.07, 6.45) is 1.12. The van der Waals surface area contributed by atoms with Crippen LogP contribution in [-0.2, 0) is 4.74 Å². The maximum atomic E-state index is 5.50. The first-order chi connectivity index (χ1) is 6.16. The lowest BCUT2D eigenvalue weighted by Crippen LogP contribution is -2.55. The Kier molecular flexibility index (Phi) is 4.16. The number of nitrogens with one attached hydrogen (secondary N) is 1. The summed E-state index contributed by atoms with van der Waals surface area (Å²) < 4.78 is 5.50. The molecule has 13 heavy (non-hydrogen) atoms. The second-order valence-electron chi connectivity index (χ2n) is 4.09. The summed E-state index contributed by atoms with van der Waals surface area (Å²) in [5.41, 5.74) is 0. The molecule has 1 aliphatic rings. The highest BCUT2D eigenvalue weighted by Crippen LogP contribution is 2.14. The van der Waals surface area contributed by atoms with Crippen molar-refractivity contribution in [2.75, 3.05) is 27.3 Å². The smallest absolute Gasteiger partial charge is 0.0637 e. The first-order valence-corrected chi connectivity index (χ1v) is 5.13. The Morgan fingerprint density at radius 1 is 1.46 bits per heavy atom. The van der Waals surface area contributed by atoms with Crippen molar-refractivity contribution >= 4 is 0 Å². The molecule has 2 atom stereocenters. The van der Waals surface area contributed by atoms with Crippen LogP contribution in [0.2, 0.25) is 0 Å². The van der Waals surface area contributed by atoms with E-state index in [1.165, 1.54) is 0 Å². The van der Waals surface area contributed by atoms with Gasteiger partial charge in [0.25, 0.3) is 0 Å². The summed E-state index contributed by atoms with van der Waals surface area (Å²) in [4.78, 5) is 2.39. The van der Waals surface area contributed by atoms with Crippen LogP contribution in [0.25, 0.3) is 0 Å². The molecule has 2 unspecified atom stereocenters. The fourth-order valence-corrected chi connectivity index (χ4v) is 1.84. The van der Waals surface area contributed by atoms with Gasteiger partial charge in [-0.05, 0) is 34.4 Å². The molecule has 0 spiro atoms. The van der Waals surface area contributed by atoms with Crippen molar-refractivity contribution in [1.82, 2.24) is 10.2 Å². The third-order valence-corrected chi connectivity index (χ3v) is 3.03. The summed E-state index contributed by atoms with van der Waals surface area (Å²) in [5.74, 6) is 0. The van der Waals surface area contributed by atoms with Crippen molar-refractivity contribution in [3.8, 4) is 0 Å². The van der Waals surface area contributed by atoms with Gasteiger partial charge in [-0.3, -0.25) is 4.90 Å². The number of nitrogens with zero attached hydrogens (tertiary/aromatic N) is 1.